The van der Waals surface area contributed by atoms with Gasteiger partial charge < -0.3 is 20.6 Å². The van der Waals surface area contributed by atoms with Crippen molar-refractivity contribution in [3.8, 4) is 0 Å². The van der Waals surface area contributed by atoms with E-state index in [1.54, 1.807) is 0 Å². The molecule has 0 saturated carbocycles. The summed E-state index contributed by atoms with van der Waals surface area (Å²) in [7, 11) is 0. The zero-order valence-corrected chi connectivity index (χ0v) is 8.49. The maximum absolute atomic E-state index is 10.5. The third-order valence-corrected chi connectivity index (χ3v) is 1.94. The molecule has 1 atom stereocenters. The Bertz CT molecular complexity index is 170. The molecule has 0 aliphatic rings. The Labute approximate surface area is 83.8 Å². The van der Waals surface area contributed by atoms with E-state index in [1.165, 1.54) is 6.92 Å². The van der Waals surface area contributed by atoms with Gasteiger partial charge in [-0.3, -0.25) is 0 Å². The monoisotopic (exact) mass is 205 g/mol. The molecule has 0 fully saturated rings. The molecule has 0 radical (unpaired) electrons. The standard InChI is InChI=1S/C9H19NO4/c1-9(14,8(12)13)7-10-5-3-2-4-6-11/h10-11,14H,2-7H2,1H3,(H,12,13). The van der Waals surface area contributed by atoms with Gasteiger partial charge in [0, 0.05) is 13.2 Å². The van der Waals surface area contributed by atoms with Crippen LogP contribution < -0.4 is 5.32 Å². The normalized spacial score (nSPS) is 15.1. The molecule has 1 unspecified atom stereocenters. The molecule has 14 heavy (non-hydrogen) atoms. The minimum Gasteiger partial charge on any atom is -0.479 e. The Morgan fingerprint density at radius 1 is 1.36 bits per heavy atom. The highest BCUT2D eigenvalue weighted by Crippen LogP contribution is 2.01. The number of aliphatic hydroxyl groups excluding tert-OH is 1. The first-order valence-corrected chi connectivity index (χ1v) is 4.78. The molecule has 0 amide bonds. The smallest absolute Gasteiger partial charge is 0.336 e. The zero-order chi connectivity index (χ0) is 11.0. The highest BCUT2D eigenvalue weighted by atomic mass is 16.4. The summed E-state index contributed by atoms with van der Waals surface area (Å²) in [6.45, 7) is 2.15. The van der Waals surface area contributed by atoms with Crippen molar-refractivity contribution in [2.45, 2.75) is 31.8 Å². The Kier molecular flexibility index (Phi) is 6.44. The van der Waals surface area contributed by atoms with E-state index in [2.05, 4.69) is 5.32 Å². The van der Waals surface area contributed by atoms with Gasteiger partial charge in [-0.15, -0.1) is 0 Å². The predicted molar refractivity (Wildman–Crippen MR) is 52.1 cm³/mol. The molecule has 5 nitrogen and oxygen atoms in total. The average molecular weight is 205 g/mol. The van der Waals surface area contributed by atoms with E-state index >= 15 is 0 Å². The van der Waals surface area contributed by atoms with Crippen LogP contribution in [0.3, 0.4) is 0 Å². The van der Waals surface area contributed by atoms with E-state index < -0.39 is 11.6 Å². The summed E-state index contributed by atoms with van der Waals surface area (Å²) in [4.78, 5) is 10.5. The summed E-state index contributed by atoms with van der Waals surface area (Å²) in [6.07, 6.45) is 2.53. The molecular weight excluding hydrogens is 186 g/mol. The molecule has 0 bridgehead atoms. The highest BCUT2D eigenvalue weighted by Gasteiger charge is 2.28. The van der Waals surface area contributed by atoms with E-state index in [9.17, 15) is 9.90 Å². The highest BCUT2D eigenvalue weighted by molar-refractivity contribution is 5.76. The number of carboxylic acids is 1. The van der Waals surface area contributed by atoms with Crippen LogP contribution in [-0.4, -0.2) is 46.6 Å². The lowest BCUT2D eigenvalue weighted by Gasteiger charge is -2.18. The quantitative estimate of drug-likeness (QED) is 0.404. The fourth-order valence-corrected chi connectivity index (χ4v) is 0.946. The average Bonchev–Trinajstić information content (AvgIpc) is 2.10. The molecule has 0 aliphatic heterocycles. The van der Waals surface area contributed by atoms with Crippen molar-refractivity contribution in [1.29, 1.82) is 0 Å². The van der Waals surface area contributed by atoms with Gasteiger partial charge in [-0.1, -0.05) is 0 Å². The summed E-state index contributed by atoms with van der Waals surface area (Å²) >= 11 is 0. The Balaban J connectivity index is 3.40. The van der Waals surface area contributed by atoms with E-state index in [0.717, 1.165) is 19.3 Å². The van der Waals surface area contributed by atoms with Crippen LogP contribution in [0.25, 0.3) is 0 Å². The minimum atomic E-state index is -1.70. The Hall–Kier alpha value is -0.650. The van der Waals surface area contributed by atoms with Gasteiger partial charge in [-0.05, 0) is 32.7 Å². The number of carbonyl (C=O) groups is 1. The van der Waals surface area contributed by atoms with Crippen LogP contribution in [0.15, 0.2) is 0 Å². The first kappa shape index (κ1) is 13.4. The fourth-order valence-electron chi connectivity index (χ4n) is 0.946. The van der Waals surface area contributed by atoms with Gasteiger partial charge in [0.05, 0.1) is 0 Å². The van der Waals surface area contributed by atoms with Gasteiger partial charge in [0.1, 0.15) is 0 Å². The van der Waals surface area contributed by atoms with Crippen LogP contribution in [0, 0.1) is 0 Å². The topological polar surface area (TPSA) is 89.8 Å². The van der Waals surface area contributed by atoms with Gasteiger partial charge in [-0.2, -0.15) is 0 Å². The van der Waals surface area contributed by atoms with E-state index in [-0.39, 0.29) is 13.2 Å². The second-order valence-corrected chi connectivity index (χ2v) is 3.54. The maximum Gasteiger partial charge on any atom is 0.336 e. The molecule has 0 rings (SSSR count). The van der Waals surface area contributed by atoms with Crippen molar-refractivity contribution in [3.05, 3.63) is 0 Å². The second kappa shape index (κ2) is 6.75. The molecule has 0 spiro atoms. The largest absolute Gasteiger partial charge is 0.479 e. The third kappa shape index (κ3) is 5.90. The molecular formula is C9H19NO4. The Morgan fingerprint density at radius 3 is 2.50 bits per heavy atom. The van der Waals surface area contributed by atoms with Gasteiger partial charge in [0.15, 0.2) is 5.60 Å². The molecule has 0 aromatic heterocycles. The first-order chi connectivity index (χ1) is 6.50. The first-order valence-electron chi connectivity index (χ1n) is 4.78. The summed E-state index contributed by atoms with van der Waals surface area (Å²) in [5.41, 5.74) is -1.70. The van der Waals surface area contributed by atoms with Gasteiger partial charge in [0.2, 0.25) is 0 Å². The lowest BCUT2D eigenvalue weighted by Crippen LogP contribution is -2.45. The van der Waals surface area contributed by atoms with Crippen molar-refractivity contribution < 1.29 is 20.1 Å². The number of carboxylic acid groups (broad SMARTS) is 1. The van der Waals surface area contributed by atoms with Crippen LogP contribution >= 0.6 is 0 Å². The summed E-state index contributed by atoms with van der Waals surface area (Å²) in [5, 5.41) is 29.2. The molecule has 0 saturated heterocycles. The van der Waals surface area contributed by atoms with Crippen molar-refractivity contribution in [2.24, 2.45) is 0 Å². The molecule has 4 N–H and O–H groups in total. The van der Waals surface area contributed by atoms with Crippen LogP contribution in [0.2, 0.25) is 0 Å². The van der Waals surface area contributed by atoms with Crippen molar-refractivity contribution in [3.63, 3.8) is 0 Å². The van der Waals surface area contributed by atoms with Crippen molar-refractivity contribution in [1.82, 2.24) is 5.32 Å². The number of aliphatic hydroxyl groups is 2. The maximum atomic E-state index is 10.5. The zero-order valence-electron chi connectivity index (χ0n) is 8.49. The van der Waals surface area contributed by atoms with E-state index in [4.69, 9.17) is 10.2 Å². The van der Waals surface area contributed by atoms with Crippen LogP contribution in [0.5, 0.6) is 0 Å². The summed E-state index contributed by atoms with van der Waals surface area (Å²) in [5.74, 6) is -1.22. The van der Waals surface area contributed by atoms with E-state index in [0.29, 0.717) is 6.54 Å². The number of rotatable bonds is 8. The number of aliphatic carboxylic acids is 1. The van der Waals surface area contributed by atoms with Crippen LogP contribution in [0.4, 0.5) is 0 Å². The van der Waals surface area contributed by atoms with Gasteiger partial charge in [-0.25, -0.2) is 4.79 Å². The Morgan fingerprint density at radius 2 is 2.00 bits per heavy atom. The molecule has 0 aliphatic carbocycles. The van der Waals surface area contributed by atoms with Crippen molar-refractivity contribution >= 4 is 5.97 Å². The fraction of sp³-hybridized carbons (Fsp3) is 0.889. The summed E-state index contributed by atoms with van der Waals surface area (Å²) in [6, 6.07) is 0. The van der Waals surface area contributed by atoms with Crippen LogP contribution in [0.1, 0.15) is 26.2 Å². The lowest BCUT2D eigenvalue weighted by molar-refractivity contribution is -0.156. The SMILES string of the molecule is CC(O)(CNCCCCCO)C(=O)O. The minimum absolute atomic E-state index is 0.0431. The lowest BCUT2D eigenvalue weighted by atomic mass is 10.1. The van der Waals surface area contributed by atoms with E-state index in [1.807, 2.05) is 0 Å². The number of hydrogen-bond acceptors (Lipinski definition) is 4. The number of unbranched alkanes of at least 4 members (excludes halogenated alkanes) is 2. The molecule has 0 heterocycles. The van der Waals surface area contributed by atoms with Crippen molar-refractivity contribution in [2.75, 3.05) is 19.7 Å². The molecule has 0 aromatic rings. The second-order valence-electron chi connectivity index (χ2n) is 3.54. The van der Waals surface area contributed by atoms with Crippen LogP contribution in [-0.2, 0) is 4.79 Å². The molecule has 5 heteroatoms. The summed E-state index contributed by atoms with van der Waals surface area (Å²) < 4.78 is 0. The molecule has 84 valence electrons. The number of nitrogens with one attached hydrogen (secondary N) is 1. The van der Waals surface area contributed by atoms with Gasteiger partial charge in [0.25, 0.3) is 0 Å². The predicted octanol–water partition coefficient (Wildman–Crippen LogP) is -0.426. The third-order valence-electron chi connectivity index (χ3n) is 1.94. The number of hydrogen-bond donors (Lipinski definition) is 4. The van der Waals surface area contributed by atoms with Gasteiger partial charge >= 0.3 is 5.97 Å². The molecule has 0 aromatic carbocycles.